The van der Waals surface area contributed by atoms with E-state index in [1.165, 1.54) is 0 Å². The monoisotopic (exact) mass is 500 g/mol. The Morgan fingerprint density at radius 2 is 1.94 bits per heavy atom. The number of nitrogens with one attached hydrogen (secondary N) is 1. The molecule has 0 fully saturated rings. The van der Waals surface area contributed by atoms with Crippen LogP contribution in [0, 0.1) is 6.92 Å². The lowest BCUT2D eigenvalue weighted by molar-refractivity contribution is 0.101. The van der Waals surface area contributed by atoms with Gasteiger partial charge in [-0.25, -0.2) is 0 Å². The molecule has 4 rings (SSSR count). The number of benzene rings is 2. The number of aryl methyl sites for hydroxylation is 1. The highest BCUT2D eigenvalue weighted by Gasteiger charge is 2.21. The van der Waals surface area contributed by atoms with Crippen LogP contribution in [0.2, 0.25) is 5.02 Å². The van der Waals surface area contributed by atoms with Gasteiger partial charge in [0.25, 0.3) is 5.91 Å². The van der Waals surface area contributed by atoms with Crippen LogP contribution in [0.1, 0.15) is 27.4 Å². The fourth-order valence-corrected chi connectivity index (χ4v) is 3.30. The zero-order valence-electron chi connectivity index (χ0n) is 16.5. The van der Waals surface area contributed by atoms with Gasteiger partial charge in [0.1, 0.15) is 18.1 Å². The molecule has 0 aliphatic heterocycles. The third kappa shape index (κ3) is 5.34. The third-order valence-electron chi connectivity index (χ3n) is 4.55. The Hall–Kier alpha value is -3.10. The van der Waals surface area contributed by atoms with Crippen molar-refractivity contribution in [3.8, 4) is 5.75 Å². The van der Waals surface area contributed by atoms with Crippen molar-refractivity contribution in [3.05, 3.63) is 93.0 Å². The number of amides is 1. The van der Waals surface area contributed by atoms with Crippen LogP contribution >= 0.6 is 27.5 Å². The molecule has 0 atom stereocenters. The van der Waals surface area contributed by atoms with Crippen LogP contribution in [-0.2, 0) is 13.2 Å². The molecular weight excluding hydrogens is 484 g/mol. The number of rotatable bonds is 7. The molecule has 2 aromatic heterocycles. The summed E-state index contributed by atoms with van der Waals surface area (Å²) in [6.07, 6.45) is 3.35. The third-order valence-corrected chi connectivity index (χ3v) is 5.33. The van der Waals surface area contributed by atoms with Crippen LogP contribution in [0.3, 0.4) is 0 Å². The molecule has 7 nitrogen and oxygen atoms in total. The summed E-state index contributed by atoms with van der Waals surface area (Å²) in [6, 6.07) is 14.9. The molecule has 2 aromatic carbocycles. The Morgan fingerprint density at radius 1 is 1.19 bits per heavy atom. The van der Waals surface area contributed by atoms with Gasteiger partial charge in [-0.2, -0.15) is 5.10 Å². The van der Waals surface area contributed by atoms with Crippen molar-refractivity contribution >= 4 is 39.1 Å². The van der Waals surface area contributed by atoms with Crippen LogP contribution in [0.5, 0.6) is 5.75 Å². The van der Waals surface area contributed by atoms with Crippen molar-refractivity contribution in [1.82, 2.24) is 14.9 Å². The summed E-state index contributed by atoms with van der Waals surface area (Å²) in [4.78, 5) is 12.8. The highest BCUT2D eigenvalue weighted by atomic mass is 79.9. The zero-order valence-corrected chi connectivity index (χ0v) is 18.9. The quantitative estimate of drug-likeness (QED) is 0.363. The first-order valence-corrected chi connectivity index (χ1v) is 10.6. The molecule has 1 amide bonds. The molecule has 9 heteroatoms. The van der Waals surface area contributed by atoms with E-state index in [-0.39, 0.29) is 12.3 Å². The number of aromatic nitrogens is 3. The first kappa shape index (κ1) is 21.1. The van der Waals surface area contributed by atoms with E-state index >= 15 is 0 Å². The maximum Gasteiger partial charge on any atom is 0.278 e. The average molecular weight is 502 g/mol. The average Bonchev–Trinajstić information content (AvgIpc) is 3.35. The SMILES string of the molecule is Cc1onc(C(=O)Nc2cnn(Cc3ccc(Br)cc3)c2)c1COc1ccc(Cl)cc1. The molecule has 0 saturated heterocycles. The van der Waals surface area contributed by atoms with Crippen LogP contribution < -0.4 is 10.1 Å². The molecule has 31 heavy (non-hydrogen) atoms. The summed E-state index contributed by atoms with van der Waals surface area (Å²) in [5.74, 6) is 0.755. The van der Waals surface area contributed by atoms with Crippen LogP contribution in [0.15, 0.2) is 69.9 Å². The van der Waals surface area contributed by atoms with E-state index in [1.54, 1.807) is 48.3 Å². The number of hydrogen-bond donors (Lipinski definition) is 1. The van der Waals surface area contributed by atoms with E-state index in [0.29, 0.717) is 34.3 Å². The van der Waals surface area contributed by atoms with Gasteiger partial charge in [-0.05, 0) is 48.9 Å². The molecule has 0 aliphatic rings. The number of nitrogens with zero attached hydrogens (tertiary/aromatic N) is 3. The van der Waals surface area contributed by atoms with Gasteiger partial charge < -0.3 is 14.6 Å². The molecule has 0 saturated carbocycles. The van der Waals surface area contributed by atoms with Crippen molar-refractivity contribution in [2.24, 2.45) is 0 Å². The minimum absolute atomic E-state index is 0.141. The summed E-state index contributed by atoms with van der Waals surface area (Å²) in [7, 11) is 0. The van der Waals surface area contributed by atoms with Crippen LogP contribution in [-0.4, -0.2) is 20.8 Å². The standard InChI is InChI=1S/C22H18BrClN4O3/c1-14-20(13-30-19-8-6-17(24)7-9-19)21(27-31-14)22(29)26-18-10-25-28(12-18)11-15-2-4-16(23)5-3-15/h2-10,12H,11,13H2,1H3,(H,26,29). The first-order valence-electron chi connectivity index (χ1n) is 9.40. The van der Waals surface area contributed by atoms with Gasteiger partial charge in [0, 0.05) is 15.7 Å². The lowest BCUT2D eigenvalue weighted by atomic mass is 10.2. The Balaban J connectivity index is 1.41. The highest BCUT2D eigenvalue weighted by molar-refractivity contribution is 9.10. The Kier molecular flexibility index (Phi) is 6.39. The van der Waals surface area contributed by atoms with Gasteiger partial charge in [0.15, 0.2) is 5.69 Å². The maximum atomic E-state index is 12.8. The van der Waals surface area contributed by atoms with Crippen molar-refractivity contribution < 1.29 is 14.1 Å². The zero-order chi connectivity index (χ0) is 21.8. The van der Waals surface area contributed by atoms with Crippen LogP contribution in [0.25, 0.3) is 0 Å². The largest absolute Gasteiger partial charge is 0.489 e. The lowest BCUT2D eigenvalue weighted by Gasteiger charge is -2.07. The van der Waals surface area contributed by atoms with Gasteiger partial charge in [-0.3, -0.25) is 9.48 Å². The molecule has 158 valence electrons. The summed E-state index contributed by atoms with van der Waals surface area (Å²) in [6.45, 7) is 2.47. The van der Waals surface area contributed by atoms with E-state index in [4.69, 9.17) is 20.9 Å². The molecule has 0 radical (unpaired) electrons. The Bertz CT molecular complexity index is 1190. The molecule has 0 aliphatic carbocycles. The maximum absolute atomic E-state index is 12.8. The first-order chi connectivity index (χ1) is 15.0. The Labute approximate surface area is 192 Å². The highest BCUT2D eigenvalue weighted by Crippen LogP contribution is 2.21. The minimum atomic E-state index is -0.394. The predicted molar refractivity (Wildman–Crippen MR) is 120 cm³/mol. The Morgan fingerprint density at radius 3 is 2.68 bits per heavy atom. The van der Waals surface area contributed by atoms with Gasteiger partial charge in [0.05, 0.1) is 24.0 Å². The normalized spacial score (nSPS) is 10.8. The van der Waals surface area contributed by atoms with Crippen molar-refractivity contribution in [2.45, 2.75) is 20.1 Å². The van der Waals surface area contributed by atoms with Gasteiger partial charge >= 0.3 is 0 Å². The summed E-state index contributed by atoms with van der Waals surface area (Å²) >= 11 is 9.31. The second kappa shape index (κ2) is 9.36. The summed E-state index contributed by atoms with van der Waals surface area (Å²) in [5, 5.41) is 11.6. The lowest BCUT2D eigenvalue weighted by Crippen LogP contribution is -2.15. The molecular formula is C22H18BrClN4O3. The molecule has 0 unspecified atom stereocenters. The molecule has 4 aromatic rings. The molecule has 0 spiro atoms. The van der Waals surface area contributed by atoms with Crippen molar-refractivity contribution in [1.29, 1.82) is 0 Å². The topological polar surface area (TPSA) is 82.2 Å². The fourth-order valence-electron chi connectivity index (χ4n) is 2.91. The van der Waals surface area contributed by atoms with Crippen molar-refractivity contribution in [3.63, 3.8) is 0 Å². The smallest absolute Gasteiger partial charge is 0.278 e. The molecule has 2 heterocycles. The number of carbonyl (C=O) groups is 1. The van der Waals surface area contributed by atoms with E-state index in [2.05, 4.69) is 31.5 Å². The van der Waals surface area contributed by atoms with Crippen molar-refractivity contribution in [2.75, 3.05) is 5.32 Å². The number of anilines is 1. The number of carbonyl (C=O) groups excluding carboxylic acids is 1. The second-order valence-corrected chi connectivity index (χ2v) is 8.17. The fraction of sp³-hybridized carbons (Fsp3) is 0.136. The molecule has 0 bridgehead atoms. The van der Waals surface area contributed by atoms with E-state index < -0.39 is 5.91 Å². The second-order valence-electron chi connectivity index (χ2n) is 6.82. The number of hydrogen-bond acceptors (Lipinski definition) is 5. The predicted octanol–water partition coefficient (Wildman–Crippen LogP) is 5.48. The van der Waals surface area contributed by atoms with Gasteiger partial charge in [0.2, 0.25) is 0 Å². The minimum Gasteiger partial charge on any atom is -0.489 e. The number of halogens is 2. The summed E-state index contributed by atoms with van der Waals surface area (Å²) < 4.78 is 13.7. The number of ether oxygens (including phenoxy) is 1. The van der Waals surface area contributed by atoms with Gasteiger partial charge in [-0.1, -0.05) is 44.8 Å². The summed E-state index contributed by atoms with van der Waals surface area (Å²) in [5.41, 5.74) is 2.41. The van der Waals surface area contributed by atoms with E-state index in [1.807, 2.05) is 24.3 Å². The van der Waals surface area contributed by atoms with Crippen LogP contribution in [0.4, 0.5) is 5.69 Å². The van der Waals surface area contributed by atoms with E-state index in [9.17, 15) is 4.79 Å². The molecule has 1 N–H and O–H groups in total. The van der Waals surface area contributed by atoms with E-state index in [0.717, 1.165) is 10.0 Å². The van der Waals surface area contributed by atoms with Gasteiger partial charge in [-0.15, -0.1) is 0 Å².